The third-order valence-corrected chi connectivity index (χ3v) is 2.25. The summed E-state index contributed by atoms with van der Waals surface area (Å²) in [4.78, 5) is 4.35. The van der Waals surface area contributed by atoms with Gasteiger partial charge in [0.1, 0.15) is 6.17 Å². The Hall–Kier alpha value is -2.08. The van der Waals surface area contributed by atoms with Crippen LogP contribution in [0.2, 0.25) is 0 Å². The van der Waals surface area contributed by atoms with Gasteiger partial charge in [0.2, 0.25) is 0 Å². The summed E-state index contributed by atoms with van der Waals surface area (Å²) in [5.74, 6) is 0. The van der Waals surface area contributed by atoms with Crippen molar-refractivity contribution in [2.45, 2.75) is 13.1 Å². The van der Waals surface area contributed by atoms with Gasteiger partial charge in [-0.25, -0.2) is 0 Å². The summed E-state index contributed by atoms with van der Waals surface area (Å²) in [6, 6.07) is 9.54. The monoisotopic (exact) mass is 197 g/mol. The van der Waals surface area contributed by atoms with Crippen LogP contribution in [0.4, 0.5) is 0 Å². The van der Waals surface area contributed by atoms with Gasteiger partial charge in [-0.3, -0.25) is 4.99 Å². The maximum atomic E-state index is 8.67. The van der Waals surface area contributed by atoms with E-state index < -0.39 is 0 Å². The number of nitrogens with zero attached hydrogens (tertiary/aromatic N) is 2. The second-order valence-corrected chi connectivity index (χ2v) is 3.47. The summed E-state index contributed by atoms with van der Waals surface area (Å²) in [7, 11) is 0. The van der Waals surface area contributed by atoms with Crippen LogP contribution in [-0.4, -0.2) is 6.21 Å². The second kappa shape index (κ2) is 3.97. The number of rotatable bonds is 1. The minimum absolute atomic E-state index is 0.0264. The smallest absolute Gasteiger partial charge is 0.144 e. The topological polar surface area (TPSA) is 48.2 Å². The zero-order chi connectivity index (χ0) is 10.7. The van der Waals surface area contributed by atoms with Crippen molar-refractivity contribution < 1.29 is 0 Å². The molecule has 1 aliphatic heterocycles. The predicted molar refractivity (Wildman–Crippen MR) is 59.3 cm³/mol. The van der Waals surface area contributed by atoms with Crippen molar-refractivity contribution in [1.29, 1.82) is 5.26 Å². The molecule has 0 saturated carbocycles. The van der Waals surface area contributed by atoms with Crippen molar-refractivity contribution >= 4 is 6.21 Å². The molecule has 0 spiro atoms. The van der Waals surface area contributed by atoms with Crippen LogP contribution < -0.4 is 5.32 Å². The van der Waals surface area contributed by atoms with Crippen molar-refractivity contribution in [2.75, 3.05) is 0 Å². The average molecular weight is 197 g/mol. The summed E-state index contributed by atoms with van der Waals surface area (Å²) < 4.78 is 0. The molecule has 3 heteroatoms. The number of benzene rings is 1. The molecule has 0 aliphatic carbocycles. The van der Waals surface area contributed by atoms with Gasteiger partial charge in [0.15, 0.2) is 0 Å². The Morgan fingerprint density at radius 1 is 1.33 bits per heavy atom. The highest BCUT2D eigenvalue weighted by Crippen LogP contribution is 2.17. The van der Waals surface area contributed by atoms with Crippen molar-refractivity contribution in [2.24, 2.45) is 4.99 Å². The molecule has 2 rings (SSSR count). The summed E-state index contributed by atoms with van der Waals surface area (Å²) in [5, 5.41) is 11.8. The van der Waals surface area contributed by atoms with E-state index >= 15 is 0 Å². The van der Waals surface area contributed by atoms with Crippen LogP contribution in [-0.2, 0) is 0 Å². The van der Waals surface area contributed by atoms with Gasteiger partial charge in [-0.2, -0.15) is 5.26 Å². The molecular formula is C12H11N3. The lowest BCUT2D eigenvalue weighted by Gasteiger charge is -2.17. The van der Waals surface area contributed by atoms with E-state index in [1.165, 1.54) is 0 Å². The number of aliphatic imine (C=N–C) groups is 1. The average Bonchev–Trinajstić information content (AvgIpc) is 2.30. The molecule has 1 aliphatic rings. The summed E-state index contributed by atoms with van der Waals surface area (Å²) in [5.41, 5.74) is 2.85. The first-order valence-electron chi connectivity index (χ1n) is 4.75. The number of nitrogens with one attached hydrogen (secondary N) is 1. The van der Waals surface area contributed by atoms with Crippen LogP contribution in [0.15, 0.2) is 41.0 Å². The molecule has 0 radical (unpaired) electrons. The van der Waals surface area contributed by atoms with Crippen molar-refractivity contribution in [3.63, 3.8) is 0 Å². The van der Waals surface area contributed by atoms with Crippen LogP contribution >= 0.6 is 0 Å². The van der Waals surface area contributed by atoms with Crippen LogP contribution in [0.25, 0.3) is 0 Å². The van der Waals surface area contributed by atoms with Gasteiger partial charge in [0.25, 0.3) is 0 Å². The maximum absolute atomic E-state index is 8.67. The molecule has 1 aromatic rings. The lowest BCUT2D eigenvalue weighted by molar-refractivity contribution is 0.648. The normalized spacial score (nSPS) is 18.9. The van der Waals surface area contributed by atoms with Gasteiger partial charge in [-0.1, -0.05) is 12.1 Å². The van der Waals surface area contributed by atoms with Gasteiger partial charge in [-0.15, -0.1) is 0 Å². The largest absolute Gasteiger partial charge is 0.366 e. The van der Waals surface area contributed by atoms with Crippen LogP contribution in [0.3, 0.4) is 0 Å². The highest BCUT2D eigenvalue weighted by Gasteiger charge is 2.09. The van der Waals surface area contributed by atoms with Gasteiger partial charge in [0.05, 0.1) is 11.6 Å². The standard InChI is InChI=1S/C12H11N3/c1-9-7-14-12(15-8-9)11-4-2-10(6-13)3-5-11/h2-5,7-8,12,14H,1H3. The molecule has 3 nitrogen and oxygen atoms in total. The van der Waals surface area contributed by atoms with E-state index in [-0.39, 0.29) is 6.17 Å². The Morgan fingerprint density at radius 2 is 2.07 bits per heavy atom. The van der Waals surface area contributed by atoms with E-state index in [1.807, 2.05) is 31.5 Å². The predicted octanol–water partition coefficient (Wildman–Crippen LogP) is 2.13. The fraction of sp³-hybridized carbons (Fsp3) is 0.167. The molecular weight excluding hydrogens is 186 g/mol. The van der Waals surface area contributed by atoms with Gasteiger partial charge in [-0.05, 0) is 30.2 Å². The van der Waals surface area contributed by atoms with Crippen LogP contribution in [0.5, 0.6) is 0 Å². The Labute approximate surface area is 88.8 Å². The van der Waals surface area contributed by atoms with E-state index in [2.05, 4.69) is 16.4 Å². The molecule has 0 fully saturated rings. The maximum Gasteiger partial charge on any atom is 0.144 e. The molecule has 0 bridgehead atoms. The Kier molecular flexibility index (Phi) is 2.51. The van der Waals surface area contributed by atoms with E-state index in [0.717, 1.165) is 11.1 Å². The van der Waals surface area contributed by atoms with Crippen molar-refractivity contribution in [3.8, 4) is 6.07 Å². The molecule has 1 atom stereocenters. The Bertz CT molecular complexity index is 449. The number of allylic oxidation sites excluding steroid dienone is 1. The summed E-state index contributed by atoms with van der Waals surface area (Å²) >= 11 is 0. The first kappa shape index (κ1) is 9.47. The molecule has 0 aromatic heterocycles. The molecule has 1 aromatic carbocycles. The van der Waals surface area contributed by atoms with Gasteiger partial charge < -0.3 is 5.32 Å². The lowest BCUT2D eigenvalue weighted by Crippen LogP contribution is -2.17. The molecule has 74 valence electrons. The van der Waals surface area contributed by atoms with Crippen LogP contribution in [0.1, 0.15) is 24.2 Å². The number of hydrogen-bond acceptors (Lipinski definition) is 3. The van der Waals surface area contributed by atoms with E-state index in [4.69, 9.17) is 5.26 Å². The molecule has 0 amide bonds. The first-order chi connectivity index (χ1) is 7.29. The van der Waals surface area contributed by atoms with Gasteiger partial charge >= 0.3 is 0 Å². The quantitative estimate of drug-likeness (QED) is 0.749. The minimum atomic E-state index is -0.0264. The number of nitriles is 1. The lowest BCUT2D eigenvalue weighted by atomic mass is 10.1. The molecule has 15 heavy (non-hydrogen) atoms. The highest BCUT2D eigenvalue weighted by atomic mass is 15.1. The molecule has 0 saturated heterocycles. The van der Waals surface area contributed by atoms with E-state index in [1.54, 1.807) is 12.1 Å². The third kappa shape index (κ3) is 2.05. The first-order valence-corrected chi connectivity index (χ1v) is 4.75. The highest BCUT2D eigenvalue weighted by molar-refractivity contribution is 5.78. The van der Waals surface area contributed by atoms with Crippen molar-refractivity contribution in [3.05, 3.63) is 47.2 Å². The fourth-order valence-electron chi connectivity index (χ4n) is 1.41. The third-order valence-electron chi connectivity index (χ3n) is 2.25. The molecule has 1 N–H and O–H groups in total. The second-order valence-electron chi connectivity index (χ2n) is 3.47. The van der Waals surface area contributed by atoms with E-state index in [0.29, 0.717) is 5.56 Å². The van der Waals surface area contributed by atoms with E-state index in [9.17, 15) is 0 Å². The SMILES string of the molecule is CC1=CNC(c2ccc(C#N)cc2)N=C1. The zero-order valence-corrected chi connectivity index (χ0v) is 8.44. The molecule has 1 heterocycles. The Morgan fingerprint density at radius 3 is 2.60 bits per heavy atom. The fourth-order valence-corrected chi connectivity index (χ4v) is 1.41. The van der Waals surface area contributed by atoms with Gasteiger partial charge in [0, 0.05) is 12.4 Å². The Balaban J connectivity index is 2.18. The number of hydrogen-bond donors (Lipinski definition) is 1. The molecule has 1 unspecified atom stereocenters. The van der Waals surface area contributed by atoms with Crippen molar-refractivity contribution in [1.82, 2.24) is 5.32 Å². The summed E-state index contributed by atoms with van der Waals surface area (Å²) in [6.07, 6.45) is 3.76. The summed E-state index contributed by atoms with van der Waals surface area (Å²) in [6.45, 7) is 1.99. The minimum Gasteiger partial charge on any atom is -0.366 e. The zero-order valence-electron chi connectivity index (χ0n) is 8.44. The van der Waals surface area contributed by atoms with Crippen LogP contribution in [0, 0.1) is 11.3 Å².